The molecule has 1 aliphatic heterocycles. The zero-order chi connectivity index (χ0) is 24.3. The highest BCUT2D eigenvalue weighted by molar-refractivity contribution is 5.50. The molecule has 0 radical (unpaired) electrons. The molecule has 1 atom stereocenters. The maximum atomic E-state index is 6.24. The number of piperazine rings is 1. The van der Waals surface area contributed by atoms with Gasteiger partial charge in [-0.3, -0.25) is 4.90 Å². The van der Waals surface area contributed by atoms with Crippen molar-refractivity contribution in [2.24, 2.45) is 0 Å². The molecule has 5 nitrogen and oxygen atoms in total. The van der Waals surface area contributed by atoms with Crippen LogP contribution in [-0.2, 0) is 17.9 Å². The molecule has 1 aliphatic rings. The normalized spacial score (nSPS) is 16.3. The van der Waals surface area contributed by atoms with E-state index in [1.54, 1.807) is 7.11 Å². The van der Waals surface area contributed by atoms with Crippen molar-refractivity contribution in [1.29, 1.82) is 0 Å². The van der Waals surface area contributed by atoms with E-state index in [-0.39, 0.29) is 6.04 Å². The summed E-state index contributed by atoms with van der Waals surface area (Å²) in [6.45, 7) is 8.15. The second-order valence-corrected chi connectivity index (χ2v) is 9.13. The zero-order valence-corrected chi connectivity index (χ0v) is 21.1. The van der Waals surface area contributed by atoms with Crippen molar-refractivity contribution in [2.75, 3.05) is 44.9 Å². The van der Waals surface area contributed by atoms with Crippen molar-refractivity contribution in [3.63, 3.8) is 0 Å². The largest absolute Gasteiger partial charge is 0.497 e. The molecule has 1 heterocycles. The molecule has 0 aromatic heterocycles. The molecule has 4 rings (SSSR count). The predicted octanol–water partition coefficient (Wildman–Crippen LogP) is 5.78. The van der Waals surface area contributed by atoms with Gasteiger partial charge in [0.1, 0.15) is 11.5 Å². The summed E-state index contributed by atoms with van der Waals surface area (Å²) >= 11 is 0. The second-order valence-electron chi connectivity index (χ2n) is 9.13. The first-order valence-corrected chi connectivity index (χ1v) is 12.7. The minimum Gasteiger partial charge on any atom is -0.497 e. The van der Waals surface area contributed by atoms with Crippen molar-refractivity contribution in [3.8, 4) is 11.5 Å². The first kappa shape index (κ1) is 25.1. The van der Waals surface area contributed by atoms with Gasteiger partial charge in [-0.25, -0.2) is 0 Å². The molecule has 0 spiro atoms. The molecule has 3 aromatic rings. The third-order valence-corrected chi connectivity index (χ3v) is 6.49. The smallest absolute Gasteiger partial charge is 0.119 e. The summed E-state index contributed by atoms with van der Waals surface area (Å²) in [5.41, 5.74) is 3.74. The molecule has 35 heavy (non-hydrogen) atoms. The fourth-order valence-corrected chi connectivity index (χ4v) is 4.49. The molecule has 0 N–H and O–H groups in total. The lowest BCUT2D eigenvalue weighted by atomic mass is 10.1. The molecule has 0 saturated carbocycles. The molecule has 0 amide bonds. The van der Waals surface area contributed by atoms with Gasteiger partial charge in [-0.2, -0.15) is 0 Å². The van der Waals surface area contributed by atoms with E-state index < -0.39 is 0 Å². The van der Waals surface area contributed by atoms with Crippen molar-refractivity contribution in [2.45, 2.75) is 39.0 Å². The Morgan fingerprint density at radius 2 is 1.57 bits per heavy atom. The van der Waals surface area contributed by atoms with Crippen LogP contribution in [0.3, 0.4) is 0 Å². The number of nitrogens with zero attached hydrogens (tertiary/aromatic N) is 2. The van der Waals surface area contributed by atoms with Crippen molar-refractivity contribution in [3.05, 3.63) is 90.0 Å². The maximum Gasteiger partial charge on any atom is 0.119 e. The van der Waals surface area contributed by atoms with Gasteiger partial charge < -0.3 is 19.1 Å². The van der Waals surface area contributed by atoms with Gasteiger partial charge in [-0.1, -0.05) is 55.8 Å². The van der Waals surface area contributed by atoms with Crippen LogP contribution >= 0.6 is 0 Å². The summed E-state index contributed by atoms with van der Waals surface area (Å²) < 4.78 is 17.4. The lowest BCUT2D eigenvalue weighted by Crippen LogP contribution is -2.54. The summed E-state index contributed by atoms with van der Waals surface area (Å²) in [5.74, 6) is 1.81. The minimum atomic E-state index is 0.276. The SMILES string of the molecule is CCCCOc1ccc(N2CCN(Cc3ccccc3)C[C@@H]2COCc2ccc(OC)cc2)cc1. The standard InChI is InChI=1S/C30H38N2O3/c1-3-4-20-35-30-16-12-27(13-17-30)32-19-18-31(21-25-8-6-5-7-9-25)22-28(32)24-34-23-26-10-14-29(33-2)15-11-26/h5-17,28H,3-4,18-24H2,1-2H3/t28-/m1/s1. The first-order chi connectivity index (χ1) is 17.2. The van der Waals surface area contributed by atoms with Gasteiger partial charge in [-0.05, 0) is 53.9 Å². The van der Waals surface area contributed by atoms with Crippen molar-refractivity contribution >= 4 is 5.69 Å². The monoisotopic (exact) mass is 474 g/mol. The van der Waals surface area contributed by atoms with Gasteiger partial charge >= 0.3 is 0 Å². The van der Waals surface area contributed by atoms with E-state index in [1.165, 1.54) is 11.3 Å². The zero-order valence-electron chi connectivity index (χ0n) is 21.1. The quantitative estimate of drug-likeness (QED) is 0.311. The molecule has 0 unspecified atom stereocenters. The Bertz CT molecular complexity index is 992. The summed E-state index contributed by atoms with van der Waals surface area (Å²) in [6, 6.07) is 27.7. The molecular formula is C30H38N2O3. The van der Waals surface area contributed by atoms with Crippen LogP contribution in [0.1, 0.15) is 30.9 Å². The van der Waals surface area contributed by atoms with E-state index in [2.05, 4.69) is 83.5 Å². The summed E-state index contributed by atoms with van der Waals surface area (Å²) in [6.07, 6.45) is 2.22. The highest BCUT2D eigenvalue weighted by Gasteiger charge is 2.27. The Hall–Kier alpha value is -3.02. The lowest BCUT2D eigenvalue weighted by molar-refractivity contribution is 0.0817. The summed E-state index contributed by atoms with van der Waals surface area (Å²) in [4.78, 5) is 5.03. The Kier molecular flexibility index (Phi) is 9.44. The fourth-order valence-electron chi connectivity index (χ4n) is 4.49. The van der Waals surface area contributed by atoms with Gasteiger partial charge in [0.25, 0.3) is 0 Å². The number of rotatable bonds is 12. The van der Waals surface area contributed by atoms with Crippen molar-refractivity contribution in [1.82, 2.24) is 4.90 Å². The van der Waals surface area contributed by atoms with Gasteiger partial charge in [-0.15, -0.1) is 0 Å². The summed E-state index contributed by atoms with van der Waals surface area (Å²) in [5, 5.41) is 0. The molecular weight excluding hydrogens is 436 g/mol. The Balaban J connectivity index is 1.40. The van der Waals surface area contributed by atoms with E-state index in [1.807, 2.05) is 12.1 Å². The van der Waals surface area contributed by atoms with Crippen LogP contribution in [0.25, 0.3) is 0 Å². The van der Waals surface area contributed by atoms with E-state index in [9.17, 15) is 0 Å². The fraction of sp³-hybridized carbons (Fsp3) is 0.400. The van der Waals surface area contributed by atoms with Crippen LogP contribution in [0, 0.1) is 0 Å². The third-order valence-electron chi connectivity index (χ3n) is 6.49. The van der Waals surface area contributed by atoms with Crippen LogP contribution < -0.4 is 14.4 Å². The van der Waals surface area contributed by atoms with E-state index in [0.29, 0.717) is 13.2 Å². The van der Waals surface area contributed by atoms with Crippen molar-refractivity contribution < 1.29 is 14.2 Å². The highest BCUT2D eigenvalue weighted by Crippen LogP contribution is 2.25. The molecule has 186 valence electrons. The van der Waals surface area contributed by atoms with Crippen LogP contribution in [0.4, 0.5) is 5.69 Å². The molecule has 0 bridgehead atoms. The maximum absolute atomic E-state index is 6.24. The van der Waals surface area contributed by atoms with Gasteiger partial charge in [0.05, 0.1) is 33.0 Å². The van der Waals surface area contributed by atoms with Gasteiger partial charge in [0, 0.05) is 31.9 Å². The average Bonchev–Trinajstić information content (AvgIpc) is 2.90. The van der Waals surface area contributed by atoms with Crippen LogP contribution in [0.5, 0.6) is 11.5 Å². The molecule has 1 saturated heterocycles. The van der Waals surface area contributed by atoms with Gasteiger partial charge in [0.2, 0.25) is 0 Å². The number of benzene rings is 3. The van der Waals surface area contributed by atoms with E-state index in [0.717, 1.165) is 62.7 Å². The van der Waals surface area contributed by atoms with Gasteiger partial charge in [0.15, 0.2) is 0 Å². The lowest BCUT2D eigenvalue weighted by Gasteiger charge is -2.42. The van der Waals surface area contributed by atoms with E-state index >= 15 is 0 Å². The predicted molar refractivity (Wildman–Crippen MR) is 142 cm³/mol. The topological polar surface area (TPSA) is 34.2 Å². The second kappa shape index (κ2) is 13.2. The Labute approximate surface area is 210 Å². The Morgan fingerprint density at radius 3 is 2.29 bits per heavy atom. The number of hydrogen-bond acceptors (Lipinski definition) is 5. The molecule has 0 aliphatic carbocycles. The minimum absolute atomic E-state index is 0.276. The van der Waals surface area contributed by atoms with E-state index in [4.69, 9.17) is 14.2 Å². The number of ether oxygens (including phenoxy) is 3. The molecule has 5 heteroatoms. The van der Waals surface area contributed by atoms with Crippen LogP contribution in [0.2, 0.25) is 0 Å². The number of methoxy groups -OCH3 is 1. The third kappa shape index (κ3) is 7.48. The summed E-state index contributed by atoms with van der Waals surface area (Å²) in [7, 11) is 1.69. The number of unbranched alkanes of at least 4 members (excludes halogenated alkanes) is 1. The molecule has 3 aromatic carbocycles. The van der Waals surface area contributed by atoms with Crippen LogP contribution in [0.15, 0.2) is 78.9 Å². The highest BCUT2D eigenvalue weighted by atomic mass is 16.5. The number of anilines is 1. The Morgan fingerprint density at radius 1 is 0.829 bits per heavy atom. The number of hydrogen-bond donors (Lipinski definition) is 0. The van der Waals surface area contributed by atoms with Crippen LogP contribution in [-0.4, -0.2) is 50.9 Å². The first-order valence-electron chi connectivity index (χ1n) is 12.7. The molecule has 1 fully saturated rings. The average molecular weight is 475 g/mol.